The lowest BCUT2D eigenvalue weighted by atomic mass is 10.1. The molecule has 0 radical (unpaired) electrons. The molecule has 2 rings (SSSR count). The predicted octanol–water partition coefficient (Wildman–Crippen LogP) is 2.75. The molecule has 0 spiro atoms. The smallest absolute Gasteiger partial charge is 0.299 e. The van der Waals surface area contributed by atoms with E-state index in [1.165, 1.54) is 11.0 Å². The molecular formula is C15H18BrFN2O2. The van der Waals surface area contributed by atoms with Crippen molar-refractivity contribution in [3.05, 3.63) is 28.0 Å². The second kappa shape index (κ2) is 6.23. The highest BCUT2D eigenvalue weighted by molar-refractivity contribution is 9.10. The molecule has 0 saturated carbocycles. The first-order valence-corrected chi connectivity index (χ1v) is 7.69. The molecule has 21 heavy (non-hydrogen) atoms. The van der Waals surface area contributed by atoms with Crippen LogP contribution in [0.15, 0.2) is 16.6 Å². The first-order chi connectivity index (χ1) is 9.81. The Balaban J connectivity index is 2.23. The van der Waals surface area contributed by atoms with Crippen molar-refractivity contribution in [2.75, 3.05) is 18.0 Å². The van der Waals surface area contributed by atoms with Crippen molar-refractivity contribution in [1.82, 2.24) is 5.32 Å². The van der Waals surface area contributed by atoms with Gasteiger partial charge in [0.15, 0.2) is 0 Å². The van der Waals surface area contributed by atoms with Gasteiger partial charge in [0.2, 0.25) is 0 Å². The van der Waals surface area contributed by atoms with Crippen molar-refractivity contribution >= 4 is 33.3 Å². The van der Waals surface area contributed by atoms with Crippen LogP contribution in [0.25, 0.3) is 0 Å². The Morgan fingerprint density at radius 2 is 1.95 bits per heavy atom. The van der Waals surface area contributed by atoms with Gasteiger partial charge in [-0.3, -0.25) is 9.59 Å². The van der Waals surface area contributed by atoms with Crippen LogP contribution in [0.5, 0.6) is 0 Å². The minimum absolute atomic E-state index is 0.135. The molecule has 1 heterocycles. The molecule has 0 bridgehead atoms. The Morgan fingerprint density at radius 3 is 2.57 bits per heavy atom. The number of hydrogen-bond acceptors (Lipinski definition) is 3. The van der Waals surface area contributed by atoms with Gasteiger partial charge >= 0.3 is 0 Å². The van der Waals surface area contributed by atoms with Gasteiger partial charge in [0.1, 0.15) is 5.82 Å². The van der Waals surface area contributed by atoms with Crippen LogP contribution in [0.2, 0.25) is 0 Å². The fourth-order valence-electron chi connectivity index (χ4n) is 2.34. The number of rotatable bonds is 5. The lowest BCUT2D eigenvalue weighted by Gasteiger charge is -2.23. The van der Waals surface area contributed by atoms with Gasteiger partial charge in [-0.05, 0) is 40.5 Å². The van der Waals surface area contributed by atoms with Gasteiger partial charge in [0.05, 0.1) is 11.3 Å². The zero-order chi connectivity index (χ0) is 15.7. The van der Waals surface area contributed by atoms with E-state index in [4.69, 9.17) is 0 Å². The SMILES string of the molecule is CC(CNC(C)C)CN1C(=O)C(=O)c2cc(F)cc(Br)c21. The molecule has 1 atom stereocenters. The summed E-state index contributed by atoms with van der Waals surface area (Å²) in [4.78, 5) is 25.5. The maximum Gasteiger partial charge on any atom is 0.299 e. The molecule has 0 aliphatic carbocycles. The van der Waals surface area contributed by atoms with Gasteiger partial charge in [0, 0.05) is 17.1 Å². The Bertz CT molecular complexity index is 589. The maximum absolute atomic E-state index is 13.4. The number of amides is 1. The number of halogens is 2. The number of benzene rings is 1. The number of ketones is 1. The molecule has 0 fully saturated rings. The number of hydrogen-bond donors (Lipinski definition) is 1. The molecule has 6 heteroatoms. The topological polar surface area (TPSA) is 49.4 Å². The highest BCUT2D eigenvalue weighted by atomic mass is 79.9. The highest BCUT2D eigenvalue weighted by Crippen LogP contribution is 2.37. The molecule has 1 aromatic rings. The van der Waals surface area contributed by atoms with Crippen LogP contribution >= 0.6 is 15.9 Å². The van der Waals surface area contributed by atoms with Gasteiger partial charge in [-0.1, -0.05) is 20.8 Å². The number of Topliss-reactive ketones (excluding diaryl/α,β-unsaturated/α-hetero) is 1. The molecule has 114 valence electrons. The summed E-state index contributed by atoms with van der Waals surface area (Å²) in [6.07, 6.45) is 0. The number of carbonyl (C=O) groups excluding carboxylic acids is 2. The molecule has 1 unspecified atom stereocenters. The number of anilines is 1. The predicted molar refractivity (Wildman–Crippen MR) is 83.1 cm³/mol. The molecule has 1 aliphatic heterocycles. The van der Waals surface area contributed by atoms with Crippen LogP contribution < -0.4 is 10.2 Å². The minimum Gasteiger partial charge on any atom is -0.314 e. The average Bonchev–Trinajstić information content (AvgIpc) is 2.62. The lowest BCUT2D eigenvalue weighted by Crippen LogP contribution is -2.38. The summed E-state index contributed by atoms with van der Waals surface area (Å²) in [7, 11) is 0. The zero-order valence-corrected chi connectivity index (χ0v) is 13.8. The van der Waals surface area contributed by atoms with E-state index < -0.39 is 17.5 Å². The summed E-state index contributed by atoms with van der Waals surface area (Å²) in [5.41, 5.74) is 0.610. The van der Waals surface area contributed by atoms with Crippen molar-refractivity contribution in [3.8, 4) is 0 Å². The maximum atomic E-state index is 13.4. The first kappa shape index (κ1) is 16.1. The van der Waals surface area contributed by atoms with E-state index in [0.717, 1.165) is 12.6 Å². The third-order valence-electron chi connectivity index (χ3n) is 3.35. The second-order valence-electron chi connectivity index (χ2n) is 5.70. The highest BCUT2D eigenvalue weighted by Gasteiger charge is 2.38. The summed E-state index contributed by atoms with van der Waals surface area (Å²) >= 11 is 3.24. The van der Waals surface area contributed by atoms with Crippen molar-refractivity contribution in [2.24, 2.45) is 5.92 Å². The summed E-state index contributed by atoms with van der Waals surface area (Å²) in [6.45, 7) is 7.26. The Morgan fingerprint density at radius 1 is 1.29 bits per heavy atom. The van der Waals surface area contributed by atoms with Gasteiger partial charge in [-0.25, -0.2) is 4.39 Å². The number of fused-ring (bicyclic) bond motifs is 1. The molecule has 1 amide bonds. The van der Waals surface area contributed by atoms with Crippen molar-refractivity contribution < 1.29 is 14.0 Å². The third-order valence-corrected chi connectivity index (χ3v) is 3.96. The average molecular weight is 357 g/mol. The van der Waals surface area contributed by atoms with Crippen molar-refractivity contribution in [2.45, 2.75) is 26.8 Å². The van der Waals surface area contributed by atoms with Crippen LogP contribution in [-0.4, -0.2) is 30.8 Å². The minimum atomic E-state index is -0.644. The van der Waals surface area contributed by atoms with E-state index in [2.05, 4.69) is 21.2 Å². The molecule has 0 saturated heterocycles. The number of carbonyl (C=O) groups is 2. The zero-order valence-electron chi connectivity index (χ0n) is 12.2. The van der Waals surface area contributed by atoms with E-state index in [1.54, 1.807) is 0 Å². The first-order valence-electron chi connectivity index (χ1n) is 6.90. The van der Waals surface area contributed by atoms with Crippen LogP contribution in [0.3, 0.4) is 0 Å². The largest absolute Gasteiger partial charge is 0.314 e. The van der Waals surface area contributed by atoms with E-state index in [1.807, 2.05) is 20.8 Å². The fourth-order valence-corrected chi connectivity index (χ4v) is 2.99. The second-order valence-corrected chi connectivity index (χ2v) is 6.55. The van der Waals surface area contributed by atoms with Crippen LogP contribution in [0.4, 0.5) is 10.1 Å². The molecular weight excluding hydrogens is 339 g/mol. The van der Waals surface area contributed by atoms with Gasteiger partial charge in [0.25, 0.3) is 11.7 Å². The fraction of sp³-hybridized carbons (Fsp3) is 0.467. The number of nitrogens with one attached hydrogen (secondary N) is 1. The van der Waals surface area contributed by atoms with E-state index >= 15 is 0 Å². The van der Waals surface area contributed by atoms with E-state index in [-0.39, 0.29) is 11.5 Å². The lowest BCUT2D eigenvalue weighted by molar-refractivity contribution is -0.114. The molecule has 1 N–H and O–H groups in total. The molecule has 1 aromatic carbocycles. The number of nitrogens with zero attached hydrogens (tertiary/aromatic N) is 1. The Hall–Kier alpha value is -1.27. The van der Waals surface area contributed by atoms with Gasteiger partial charge in [-0.15, -0.1) is 0 Å². The molecule has 0 aromatic heterocycles. The Kier molecular flexibility index (Phi) is 4.78. The monoisotopic (exact) mass is 356 g/mol. The van der Waals surface area contributed by atoms with Gasteiger partial charge in [-0.2, -0.15) is 0 Å². The standard InChI is InChI=1S/C15H18BrFN2O2/c1-8(2)18-6-9(3)7-19-13-11(14(20)15(19)21)4-10(17)5-12(13)16/h4-5,8-9,18H,6-7H2,1-3H3. The van der Waals surface area contributed by atoms with Gasteiger partial charge < -0.3 is 10.2 Å². The summed E-state index contributed by atoms with van der Waals surface area (Å²) < 4.78 is 13.8. The molecule has 4 nitrogen and oxygen atoms in total. The van der Waals surface area contributed by atoms with Crippen LogP contribution in [-0.2, 0) is 4.79 Å². The summed E-state index contributed by atoms with van der Waals surface area (Å²) in [6, 6.07) is 2.75. The van der Waals surface area contributed by atoms with E-state index in [9.17, 15) is 14.0 Å². The Labute approximate surface area is 131 Å². The van der Waals surface area contributed by atoms with Crippen LogP contribution in [0, 0.1) is 11.7 Å². The normalized spacial score (nSPS) is 15.8. The van der Waals surface area contributed by atoms with Crippen molar-refractivity contribution in [1.29, 1.82) is 0 Å². The summed E-state index contributed by atoms with van der Waals surface area (Å²) in [5, 5.41) is 3.30. The molecule has 1 aliphatic rings. The van der Waals surface area contributed by atoms with Crippen molar-refractivity contribution in [3.63, 3.8) is 0 Å². The summed E-state index contributed by atoms with van der Waals surface area (Å²) in [5.74, 6) is -1.59. The van der Waals surface area contributed by atoms with E-state index in [0.29, 0.717) is 22.7 Å². The third kappa shape index (κ3) is 3.32. The quantitative estimate of drug-likeness (QED) is 0.825. The van der Waals surface area contributed by atoms with Crippen LogP contribution in [0.1, 0.15) is 31.1 Å².